The lowest BCUT2D eigenvalue weighted by Gasteiger charge is -2.36. The van der Waals surface area contributed by atoms with E-state index in [-0.39, 0.29) is 12.1 Å². The molecule has 1 aromatic carbocycles. The molecule has 3 rings (SSSR count). The molecule has 0 bridgehead atoms. The van der Waals surface area contributed by atoms with E-state index in [1.54, 1.807) is 4.90 Å². The summed E-state index contributed by atoms with van der Waals surface area (Å²) in [7, 11) is 0. The summed E-state index contributed by atoms with van der Waals surface area (Å²) in [5, 5.41) is 2.95. The minimum absolute atomic E-state index is 0.0551. The number of piperazine rings is 1. The Bertz CT molecular complexity index is 806. The molecular formula is C22H34N6O3. The average molecular weight is 431 g/mol. The topological polar surface area (TPSA) is 103 Å². The van der Waals surface area contributed by atoms with Gasteiger partial charge in [0.05, 0.1) is 6.54 Å². The highest BCUT2D eigenvalue weighted by atomic mass is 16.6. The van der Waals surface area contributed by atoms with E-state index >= 15 is 0 Å². The van der Waals surface area contributed by atoms with Crippen LogP contribution in [0.5, 0.6) is 0 Å². The number of aliphatic imine (C=N–C) groups is 1. The van der Waals surface area contributed by atoms with Gasteiger partial charge in [-0.3, -0.25) is 0 Å². The molecule has 3 N–H and O–H groups in total. The average Bonchev–Trinajstić information content (AvgIpc) is 3.26. The molecule has 0 saturated carbocycles. The zero-order valence-corrected chi connectivity index (χ0v) is 18.8. The SMILES string of the molecule is CC(C)(C)OC(=O)N1CCN(C(N)=NCc2cccc(NC(=O)N3CCCC3)c2)CC1. The van der Waals surface area contributed by atoms with Crippen molar-refractivity contribution in [2.45, 2.75) is 45.8 Å². The third-order valence-corrected chi connectivity index (χ3v) is 5.25. The first-order chi connectivity index (χ1) is 14.7. The quantitative estimate of drug-likeness (QED) is 0.567. The van der Waals surface area contributed by atoms with Gasteiger partial charge in [-0.2, -0.15) is 0 Å². The van der Waals surface area contributed by atoms with E-state index < -0.39 is 5.60 Å². The van der Waals surface area contributed by atoms with Gasteiger partial charge in [0.25, 0.3) is 0 Å². The van der Waals surface area contributed by atoms with Crippen LogP contribution in [0.2, 0.25) is 0 Å². The molecule has 2 aliphatic heterocycles. The molecule has 0 aliphatic carbocycles. The van der Waals surface area contributed by atoms with Crippen LogP contribution in [-0.2, 0) is 11.3 Å². The Hall–Kier alpha value is -2.97. The summed E-state index contributed by atoms with van der Waals surface area (Å²) in [6.07, 6.45) is 1.83. The van der Waals surface area contributed by atoms with Gasteiger partial charge < -0.3 is 30.5 Å². The van der Waals surface area contributed by atoms with Crippen molar-refractivity contribution in [1.82, 2.24) is 14.7 Å². The van der Waals surface area contributed by atoms with E-state index in [0.717, 1.165) is 37.2 Å². The van der Waals surface area contributed by atoms with E-state index in [9.17, 15) is 9.59 Å². The van der Waals surface area contributed by atoms with Crippen molar-refractivity contribution in [3.63, 3.8) is 0 Å². The number of likely N-dealkylation sites (tertiary alicyclic amines) is 1. The first kappa shape index (κ1) is 22.7. The maximum Gasteiger partial charge on any atom is 0.410 e. The molecule has 9 heteroatoms. The van der Waals surface area contributed by atoms with Crippen LogP contribution in [-0.4, -0.2) is 77.7 Å². The largest absolute Gasteiger partial charge is 0.444 e. The lowest BCUT2D eigenvalue weighted by molar-refractivity contribution is 0.0186. The van der Waals surface area contributed by atoms with Gasteiger partial charge >= 0.3 is 12.1 Å². The Kier molecular flexibility index (Phi) is 7.25. The molecule has 3 amide bonds. The van der Waals surface area contributed by atoms with Crippen molar-refractivity contribution in [1.29, 1.82) is 0 Å². The molecule has 0 unspecified atom stereocenters. The van der Waals surface area contributed by atoms with Crippen LogP contribution in [0.3, 0.4) is 0 Å². The molecule has 0 spiro atoms. The van der Waals surface area contributed by atoms with Crippen LogP contribution >= 0.6 is 0 Å². The number of urea groups is 1. The summed E-state index contributed by atoms with van der Waals surface area (Å²) in [6.45, 7) is 9.94. The monoisotopic (exact) mass is 430 g/mol. The molecule has 2 heterocycles. The van der Waals surface area contributed by atoms with E-state index in [1.807, 2.05) is 54.8 Å². The first-order valence-electron chi connectivity index (χ1n) is 10.9. The molecule has 9 nitrogen and oxygen atoms in total. The number of carbonyl (C=O) groups excluding carboxylic acids is 2. The van der Waals surface area contributed by atoms with Crippen LogP contribution in [0.15, 0.2) is 29.3 Å². The number of carbonyl (C=O) groups is 2. The second-order valence-corrected chi connectivity index (χ2v) is 8.95. The molecule has 31 heavy (non-hydrogen) atoms. The van der Waals surface area contributed by atoms with Gasteiger partial charge in [0.15, 0.2) is 5.96 Å². The number of nitrogens with two attached hydrogens (primary N) is 1. The van der Waals surface area contributed by atoms with E-state index in [2.05, 4.69) is 10.3 Å². The fraction of sp³-hybridized carbons (Fsp3) is 0.591. The Labute approximate surface area is 184 Å². The fourth-order valence-corrected chi connectivity index (χ4v) is 3.59. The van der Waals surface area contributed by atoms with Gasteiger partial charge in [-0.15, -0.1) is 0 Å². The summed E-state index contributed by atoms with van der Waals surface area (Å²) in [5.41, 5.74) is 7.41. The number of hydrogen-bond donors (Lipinski definition) is 2. The molecule has 2 saturated heterocycles. The van der Waals surface area contributed by atoms with Gasteiger partial charge in [-0.05, 0) is 51.3 Å². The van der Waals surface area contributed by atoms with E-state index in [0.29, 0.717) is 38.7 Å². The highest BCUT2D eigenvalue weighted by molar-refractivity contribution is 5.89. The van der Waals surface area contributed by atoms with Gasteiger partial charge in [-0.25, -0.2) is 14.6 Å². The number of nitrogens with one attached hydrogen (secondary N) is 1. The van der Waals surface area contributed by atoms with Crippen LogP contribution < -0.4 is 11.1 Å². The molecule has 0 aromatic heterocycles. The second kappa shape index (κ2) is 9.89. The minimum atomic E-state index is -0.503. The molecular weight excluding hydrogens is 396 g/mol. The van der Waals surface area contributed by atoms with E-state index in [4.69, 9.17) is 10.5 Å². The summed E-state index contributed by atoms with van der Waals surface area (Å²) < 4.78 is 5.42. The number of anilines is 1. The van der Waals surface area contributed by atoms with Crippen LogP contribution in [0.1, 0.15) is 39.2 Å². The number of ether oxygens (including phenoxy) is 1. The molecule has 2 aliphatic rings. The van der Waals surface area contributed by atoms with Gasteiger partial charge in [0.2, 0.25) is 0 Å². The summed E-state index contributed by atoms with van der Waals surface area (Å²) >= 11 is 0. The zero-order valence-electron chi connectivity index (χ0n) is 18.8. The number of guanidine groups is 1. The molecule has 2 fully saturated rings. The van der Waals surface area contributed by atoms with Crippen molar-refractivity contribution in [2.24, 2.45) is 10.7 Å². The summed E-state index contributed by atoms with van der Waals surface area (Å²) in [6, 6.07) is 7.61. The lowest BCUT2D eigenvalue weighted by atomic mass is 10.2. The maximum atomic E-state index is 12.3. The minimum Gasteiger partial charge on any atom is -0.444 e. The van der Waals surface area contributed by atoms with Crippen LogP contribution in [0.4, 0.5) is 15.3 Å². The van der Waals surface area contributed by atoms with Crippen molar-refractivity contribution in [2.75, 3.05) is 44.6 Å². The predicted octanol–water partition coefficient (Wildman–Crippen LogP) is 2.68. The number of rotatable bonds is 3. The third kappa shape index (κ3) is 6.77. The van der Waals surface area contributed by atoms with Crippen molar-refractivity contribution in [3.8, 4) is 0 Å². The van der Waals surface area contributed by atoms with Gasteiger partial charge in [-0.1, -0.05) is 12.1 Å². The highest BCUT2D eigenvalue weighted by Crippen LogP contribution is 2.15. The Morgan fingerprint density at radius 3 is 2.32 bits per heavy atom. The summed E-state index contributed by atoms with van der Waals surface area (Å²) in [5.74, 6) is 0.454. The maximum absolute atomic E-state index is 12.3. The number of benzene rings is 1. The number of nitrogens with zero attached hydrogens (tertiary/aromatic N) is 4. The molecule has 0 radical (unpaired) electrons. The Morgan fingerprint density at radius 2 is 1.68 bits per heavy atom. The summed E-state index contributed by atoms with van der Waals surface area (Å²) in [4.78, 5) is 34.5. The fourth-order valence-electron chi connectivity index (χ4n) is 3.59. The second-order valence-electron chi connectivity index (χ2n) is 8.95. The zero-order chi connectivity index (χ0) is 22.4. The molecule has 0 atom stereocenters. The van der Waals surface area contributed by atoms with Crippen molar-refractivity contribution < 1.29 is 14.3 Å². The lowest BCUT2D eigenvalue weighted by Crippen LogP contribution is -2.53. The van der Waals surface area contributed by atoms with Gasteiger partial charge in [0.1, 0.15) is 5.60 Å². The Morgan fingerprint density at radius 1 is 1.03 bits per heavy atom. The third-order valence-electron chi connectivity index (χ3n) is 5.25. The first-order valence-corrected chi connectivity index (χ1v) is 10.9. The van der Waals surface area contributed by atoms with Crippen molar-refractivity contribution in [3.05, 3.63) is 29.8 Å². The highest BCUT2D eigenvalue weighted by Gasteiger charge is 2.26. The molecule has 170 valence electrons. The number of amides is 3. The Balaban J connectivity index is 1.49. The van der Waals surface area contributed by atoms with Gasteiger partial charge in [0, 0.05) is 45.0 Å². The number of hydrogen-bond acceptors (Lipinski definition) is 4. The standard InChI is InChI=1S/C22H34N6O3/c1-22(2,3)31-21(30)28-13-11-26(12-14-28)19(23)24-16-17-7-6-8-18(15-17)25-20(29)27-9-4-5-10-27/h6-8,15H,4-5,9-14,16H2,1-3H3,(H2,23,24)(H,25,29). The van der Waals surface area contributed by atoms with E-state index in [1.165, 1.54) is 0 Å². The smallest absolute Gasteiger partial charge is 0.410 e. The van der Waals surface area contributed by atoms with Crippen LogP contribution in [0.25, 0.3) is 0 Å². The van der Waals surface area contributed by atoms with Crippen LogP contribution in [0, 0.1) is 0 Å². The normalized spacial score (nSPS) is 17.6. The molecule has 1 aromatic rings. The predicted molar refractivity (Wildman–Crippen MR) is 121 cm³/mol. The van der Waals surface area contributed by atoms with Crippen molar-refractivity contribution >= 4 is 23.8 Å².